The molecule has 0 radical (unpaired) electrons. The maximum Gasteiger partial charge on any atom is 0.264 e. The fraction of sp³-hybridized carbons (Fsp3) is 0.333. The second-order valence-electron chi connectivity index (χ2n) is 7.40. The number of aromatic nitrogens is 3. The maximum atomic E-state index is 12.2. The van der Waals surface area contributed by atoms with Crippen molar-refractivity contribution < 1.29 is 4.79 Å². The third kappa shape index (κ3) is 4.54. The highest BCUT2D eigenvalue weighted by Crippen LogP contribution is 2.40. The highest BCUT2D eigenvalue weighted by molar-refractivity contribution is 7.19. The van der Waals surface area contributed by atoms with Crippen LogP contribution in [-0.2, 0) is 4.79 Å². The van der Waals surface area contributed by atoms with Gasteiger partial charge in [-0.15, -0.1) is 0 Å². The van der Waals surface area contributed by atoms with Gasteiger partial charge in [0.05, 0.1) is 10.6 Å². The van der Waals surface area contributed by atoms with Crippen LogP contribution in [0.5, 0.6) is 0 Å². The van der Waals surface area contributed by atoms with Crippen molar-refractivity contribution in [1.82, 2.24) is 15.2 Å². The minimum Gasteiger partial charge on any atom is -0.302 e. The molecule has 0 saturated heterocycles. The van der Waals surface area contributed by atoms with Crippen LogP contribution in [0.1, 0.15) is 45.6 Å². The Balaban J connectivity index is 2.12. The lowest BCUT2D eigenvalue weighted by molar-refractivity contribution is -0.116. The maximum absolute atomic E-state index is 12.2. The summed E-state index contributed by atoms with van der Waals surface area (Å²) in [5.74, 6) is 0.323. The van der Waals surface area contributed by atoms with E-state index in [0.29, 0.717) is 17.2 Å². The van der Waals surface area contributed by atoms with E-state index >= 15 is 0 Å². The van der Waals surface area contributed by atoms with E-state index in [2.05, 4.69) is 20.5 Å². The van der Waals surface area contributed by atoms with Gasteiger partial charge in [0.15, 0.2) is 5.13 Å². The number of hydrogen-bond donors (Lipinski definition) is 2. The predicted molar refractivity (Wildman–Crippen MR) is 114 cm³/mol. The zero-order valence-corrected chi connectivity index (χ0v) is 17.3. The molecule has 2 N–H and O–H groups in total. The minimum absolute atomic E-state index is 0.0616. The van der Waals surface area contributed by atoms with Gasteiger partial charge in [-0.05, 0) is 17.4 Å². The average Bonchev–Trinajstić information content (AvgIpc) is 3.05. The monoisotopic (exact) mass is 396 g/mol. The van der Waals surface area contributed by atoms with Crippen molar-refractivity contribution in [3.63, 3.8) is 0 Å². The molecule has 3 rings (SSSR count). The summed E-state index contributed by atoms with van der Waals surface area (Å²) in [7, 11) is 0. The zero-order valence-electron chi connectivity index (χ0n) is 16.4. The number of anilines is 1. The van der Waals surface area contributed by atoms with E-state index in [1.807, 2.05) is 58.0 Å². The molecule has 0 saturated carbocycles. The first kappa shape index (κ1) is 19.9. The molecule has 0 aliphatic carbocycles. The van der Waals surface area contributed by atoms with Gasteiger partial charge in [-0.3, -0.25) is 9.59 Å². The Bertz CT molecular complexity index is 1020. The topological polar surface area (TPSA) is 87.7 Å². The van der Waals surface area contributed by atoms with Gasteiger partial charge in [-0.1, -0.05) is 69.4 Å². The molecule has 2 heterocycles. The van der Waals surface area contributed by atoms with Gasteiger partial charge in [0.25, 0.3) is 5.56 Å². The number of thiazole rings is 1. The van der Waals surface area contributed by atoms with Crippen molar-refractivity contribution in [3.8, 4) is 21.8 Å². The summed E-state index contributed by atoms with van der Waals surface area (Å²) in [5.41, 5.74) is 2.98. The van der Waals surface area contributed by atoms with E-state index in [1.165, 1.54) is 11.3 Å². The lowest BCUT2D eigenvalue weighted by Gasteiger charge is -2.10. The number of rotatable bonds is 6. The van der Waals surface area contributed by atoms with Gasteiger partial charge in [0.1, 0.15) is 5.69 Å². The largest absolute Gasteiger partial charge is 0.302 e. The summed E-state index contributed by atoms with van der Waals surface area (Å²) in [4.78, 5) is 29.5. The first-order valence-electron chi connectivity index (χ1n) is 9.31. The van der Waals surface area contributed by atoms with Crippen molar-refractivity contribution in [2.45, 2.75) is 40.0 Å². The normalized spacial score (nSPS) is 11.2. The van der Waals surface area contributed by atoms with Crippen molar-refractivity contribution in [2.24, 2.45) is 5.92 Å². The SMILES string of the molecule is CC(C)CC(=O)Nc1nc(-c2ccccc2)c(-c2n[nH]c(=O)cc2C(C)C)s1. The second-order valence-corrected chi connectivity index (χ2v) is 8.40. The van der Waals surface area contributed by atoms with Gasteiger partial charge < -0.3 is 5.32 Å². The van der Waals surface area contributed by atoms with E-state index < -0.39 is 0 Å². The third-order valence-electron chi connectivity index (χ3n) is 4.19. The number of carbonyl (C=O) groups is 1. The summed E-state index contributed by atoms with van der Waals surface area (Å²) in [6, 6.07) is 11.4. The highest BCUT2D eigenvalue weighted by Gasteiger charge is 2.21. The van der Waals surface area contributed by atoms with Gasteiger partial charge in [0.2, 0.25) is 5.91 Å². The average molecular weight is 397 g/mol. The molecule has 1 aromatic carbocycles. The number of H-pyrrole nitrogens is 1. The molecule has 2 aromatic heterocycles. The van der Waals surface area contributed by atoms with E-state index in [1.54, 1.807) is 6.07 Å². The lowest BCUT2D eigenvalue weighted by Crippen LogP contribution is -2.13. The van der Waals surface area contributed by atoms with Crippen molar-refractivity contribution in [3.05, 3.63) is 52.3 Å². The minimum atomic E-state index is -0.233. The molecule has 3 aromatic rings. The molecule has 0 atom stereocenters. The number of benzene rings is 1. The summed E-state index contributed by atoms with van der Waals surface area (Å²) in [5, 5.41) is 10.3. The Kier molecular flexibility index (Phi) is 6.04. The first-order valence-corrected chi connectivity index (χ1v) is 10.1. The smallest absolute Gasteiger partial charge is 0.264 e. The summed E-state index contributed by atoms with van der Waals surface area (Å²) in [6.07, 6.45) is 0.434. The molecular weight excluding hydrogens is 372 g/mol. The standard InChI is InChI=1S/C21H24N4O2S/c1-12(2)10-16(26)22-21-23-18(14-8-6-5-7-9-14)20(28-21)19-15(13(3)4)11-17(27)24-25-19/h5-9,11-13H,10H2,1-4H3,(H,24,27)(H,22,23,26). The number of hydrogen-bond acceptors (Lipinski definition) is 5. The molecule has 0 unspecified atom stereocenters. The molecular formula is C21H24N4O2S. The van der Waals surface area contributed by atoms with Crippen LogP contribution in [0.3, 0.4) is 0 Å². The number of aromatic amines is 1. The Morgan fingerprint density at radius 3 is 2.50 bits per heavy atom. The molecule has 0 spiro atoms. The van der Waals surface area contributed by atoms with Crippen LogP contribution in [-0.4, -0.2) is 21.1 Å². The number of nitrogens with zero attached hydrogens (tertiary/aromatic N) is 2. The molecule has 0 fully saturated rings. The van der Waals surface area contributed by atoms with Gasteiger partial charge >= 0.3 is 0 Å². The van der Waals surface area contributed by atoms with Gasteiger partial charge in [-0.25, -0.2) is 10.1 Å². The zero-order chi connectivity index (χ0) is 20.3. The fourth-order valence-corrected chi connectivity index (χ4v) is 3.92. The highest BCUT2D eigenvalue weighted by atomic mass is 32.1. The van der Waals surface area contributed by atoms with Crippen LogP contribution < -0.4 is 10.9 Å². The molecule has 6 nitrogen and oxygen atoms in total. The summed E-state index contributed by atoms with van der Waals surface area (Å²) >= 11 is 1.37. The fourth-order valence-electron chi connectivity index (χ4n) is 2.91. The van der Waals surface area contributed by atoms with E-state index in [4.69, 9.17) is 0 Å². The molecule has 0 aliphatic heterocycles. The molecule has 28 heavy (non-hydrogen) atoms. The third-order valence-corrected chi connectivity index (χ3v) is 5.17. The van der Waals surface area contributed by atoms with Crippen LogP contribution in [0.25, 0.3) is 21.8 Å². The van der Waals surface area contributed by atoms with Crippen LogP contribution >= 0.6 is 11.3 Å². The lowest BCUT2D eigenvalue weighted by atomic mass is 10.00. The quantitative estimate of drug-likeness (QED) is 0.634. The second kappa shape index (κ2) is 8.48. The molecule has 1 amide bonds. The Morgan fingerprint density at radius 2 is 1.86 bits per heavy atom. The van der Waals surface area contributed by atoms with Crippen molar-refractivity contribution in [1.29, 1.82) is 0 Å². The first-order chi connectivity index (χ1) is 13.3. The van der Waals surface area contributed by atoms with Crippen molar-refractivity contribution >= 4 is 22.4 Å². The van der Waals surface area contributed by atoms with Crippen LogP contribution in [0.2, 0.25) is 0 Å². The Labute approximate surface area is 168 Å². The van der Waals surface area contributed by atoms with Gasteiger partial charge in [0, 0.05) is 18.1 Å². The molecule has 0 bridgehead atoms. The van der Waals surface area contributed by atoms with E-state index in [9.17, 15) is 9.59 Å². The predicted octanol–water partition coefficient (Wildman–Crippen LogP) is 4.67. The van der Waals surface area contributed by atoms with Crippen molar-refractivity contribution in [2.75, 3.05) is 5.32 Å². The number of carbonyl (C=O) groups excluding carboxylic acids is 1. The molecule has 146 valence electrons. The molecule has 0 aliphatic rings. The Morgan fingerprint density at radius 1 is 1.14 bits per heavy atom. The van der Waals surface area contributed by atoms with Crippen LogP contribution in [0.15, 0.2) is 41.2 Å². The Hall–Kier alpha value is -2.80. The van der Waals surface area contributed by atoms with E-state index in [0.717, 1.165) is 21.7 Å². The molecule has 7 heteroatoms. The number of amides is 1. The summed E-state index contributed by atoms with van der Waals surface area (Å²) < 4.78 is 0. The van der Waals surface area contributed by atoms with Crippen LogP contribution in [0, 0.1) is 5.92 Å². The summed E-state index contributed by atoms with van der Waals surface area (Å²) in [6.45, 7) is 8.05. The van der Waals surface area contributed by atoms with E-state index in [-0.39, 0.29) is 23.3 Å². The number of nitrogens with one attached hydrogen (secondary N) is 2. The van der Waals surface area contributed by atoms with Gasteiger partial charge in [-0.2, -0.15) is 5.10 Å². The van der Waals surface area contributed by atoms with Crippen LogP contribution in [0.4, 0.5) is 5.13 Å².